The van der Waals surface area contributed by atoms with Gasteiger partial charge in [-0.25, -0.2) is 0 Å². The molecule has 140 valence electrons. The van der Waals surface area contributed by atoms with Crippen molar-refractivity contribution in [3.8, 4) is 5.75 Å². The molecular weight excluding hydrogens is 344 g/mol. The van der Waals surface area contributed by atoms with E-state index in [1.807, 2.05) is 36.4 Å². The van der Waals surface area contributed by atoms with Crippen molar-refractivity contribution >= 4 is 11.8 Å². The Bertz CT molecular complexity index is 860. The number of hydrogen-bond donors (Lipinski definition) is 2. The normalized spacial score (nSPS) is 20.6. The average Bonchev–Trinajstić information content (AvgIpc) is 3.36. The number of amides is 2. The highest BCUT2D eigenvalue weighted by molar-refractivity contribution is 6.02. The van der Waals surface area contributed by atoms with Crippen molar-refractivity contribution in [3.05, 3.63) is 64.7 Å². The second kappa shape index (κ2) is 7.40. The molecule has 2 amide bonds. The molecule has 4 rings (SSSR count). The lowest BCUT2D eigenvalue weighted by Crippen LogP contribution is -2.35. The molecule has 0 saturated carbocycles. The highest BCUT2D eigenvalue weighted by Gasteiger charge is 2.31. The van der Waals surface area contributed by atoms with Gasteiger partial charge in [-0.15, -0.1) is 0 Å². The van der Waals surface area contributed by atoms with Gasteiger partial charge in [0.05, 0.1) is 24.8 Å². The lowest BCUT2D eigenvalue weighted by molar-refractivity contribution is 0.0930. The van der Waals surface area contributed by atoms with E-state index in [0.29, 0.717) is 36.7 Å². The highest BCUT2D eigenvalue weighted by Crippen LogP contribution is 2.41. The summed E-state index contributed by atoms with van der Waals surface area (Å²) in [7, 11) is 1.57. The van der Waals surface area contributed by atoms with Gasteiger partial charge < -0.3 is 20.1 Å². The van der Waals surface area contributed by atoms with Crippen LogP contribution in [0.3, 0.4) is 0 Å². The van der Waals surface area contributed by atoms with Crippen molar-refractivity contribution in [1.29, 1.82) is 0 Å². The minimum atomic E-state index is -0.265. The summed E-state index contributed by atoms with van der Waals surface area (Å²) in [6, 6.07) is 13.4. The van der Waals surface area contributed by atoms with Gasteiger partial charge in [-0.2, -0.15) is 0 Å². The zero-order chi connectivity index (χ0) is 18.8. The third-order valence-electron chi connectivity index (χ3n) is 5.09. The molecule has 0 aliphatic carbocycles. The zero-order valence-corrected chi connectivity index (χ0v) is 15.2. The van der Waals surface area contributed by atoms with E-state index in [4.69, 9.17) is 9.47 Å². The third kappa shape index (κ3) is 3.40. The van der Waals surface area contributed by atoms with Crippen LogP contribution < -0.4 is 15.4 Å². The maximum Gasteiger partial charge on any atom is 0.254 e. The molecule has 27 heavy (non-hydrogen) atoms. The fourth-order valence-electron chi connectivity index (χ4n) is 3.64. The minimum absolute atomic E-state index is 0.00725. The number of benzene rings is 2. The molecule has 1 saturated heterocycles. The number of nitrogens with one attached hydrogen (secondary N) is 2. The van der Waals surface area contributed by atoms with Crippen LogP contribution in [0.5, 0.6) is 5.75 Å². The number of hydrogen-bond acceptors (Lipinski definition) is 4. The van der Waals surface area contributed by atoms with Crippen LogP contribution in [-0.2, 0) is 4.74 Å². The SMILES string of the molecule is CNC(=O)c1cc(C(=O)NC2CCOC2)cc2c1OCC2c1ccccc1. The van der Waals surface area contributed by atoms with Gasteiger partial charge in [-0.1, -0.05) is 30.3 Å². The van der Waals surface area contributed by atoms with E-state index in [-0.39, 0.29) is 23.8 Å². The van der Waals surface area contributed by atoms with Gasteiger partial charge in [-0.05, 0) is 24.1 Å². The van der Waals surface area contributed by atoms with Crippen LogP contribution in [0.2, 0.25) is 0 Å². The predicted octanol–water partition coefficient (Wildman–Crippen LogP) is 2.09. The molecule has 1 fully saturated rings. The molecule has 0 radical (unpaired) electrons. The van der Waals surface area contributed by atoms with Crippen LogP contribution in [0.15, 0.2) is 42.5 Å². The van der Waals surface area contributed by atoms with Crippen molar-refractivity contribution in [3.63, 3.8) is 0 Å². The Labute approximate surface area is 157 Å². The van der Waals surface area contributed by atoms with Crippen molar-refractivity contribution in [2.75, 3.05) is 26.9 Å². The number of rotatable bonds is 4. The fraction of sp³-hybridized carbons (Fsp3) is 0.333. The van der Waals surface area contributed by atoms with E-state index in [0.717, 1.165) is 17.5 Å². The van der Waals surface area contributed by atoms with Crippen molar-refractivity contribution < 1.29 is 19.1 Å². The van der Waals surface area contributed by atoms with E-state index in [1.54, 1.807) is 13.1 Å². The Balaban J connectivity index is 1.73. The number of ether oxygens (including phenoxy) is 2. The molecular formula is C21H22N2O4. The zero-order valence-electron chi connectivity index (χ0n) is 15.2. The molecule has 0 spiro atoms. The quantitative estimate of drug-likeness (QED) is 0.869. The van der Waals surface area contributed by atoms with E-state index < -0.39 is 0 Å². The summed E-state index contributed by atoms with van der Waals surface area (Å²) in [5.74, 6) is 0.0899. The Morgan fingerprint density at radius 2 is 1.89 bits per heavy atom. The molecule has 2 aliphatic rings. The lowest BCUT2D eigenvalue weighted by Gasteiger charge is -2.15. The number of carbonyl (C=O) groups excluding carboxylic acids is 2. The summed E-state index contributed by atoms with van der Waals surface area (Å²) < 4.78 is 11.2. The van der Waals surface area contributed by atoms with E-state index >= 15 is 0 Å². The van der Waals surface area contributed by atoms with Gasteiger partial charge in [0, 0.05) is 30.7 Å². The predicted molar refractivity (Wildman–Crippen MR) is 100 cm³/mol. The maximum atomic E-state index is 12.8. The van der Waals surface area contributed by atoms with Gasteiger partial charge in [-0.3, -0.25) is 9.59 Å². The molecule has 2 unspecified atom stereocenters. The Morgan fingerprint density at radius 3 is 2.59 bits per heavy atom. The standard InChI is InChI=1S/C21H22N2O4/c1-22-21(25)17-10-14(20(24)23-15-7-8-26-11-15)9-16-18(12-27-19(16)17)13-5-3-2-4-6-13/h2-6,9-10,15,18H,7-8,11-12H2,1H3,(H,22,25)(H,23,24). The highest BCUT2D eigenvalue weighted by atomic mass is 16.5. The topological polar surface area (TPSA) is 76.7 Å². The Hall–Kier alpha value is -2.86. The first-order valence-corrected chi connectivity index (χ1v) is 9.13. The van der Waals surface area contributed by atoms with Crippen LogP contribution in [0.25, 0.3) is 0 Å². The Kier molecular flexibility index (Phi) is 4.81. The smallest absolute Gasteiger partial charge is 0.254 e. The van der Waals surface area contributed by atoms with Gasteiger partial charge in [0.2, 0.25) is 0 Å². The van der Waals surface area contributed by atoms with Gasteiger partial charge in [0.1, 0.15) is 5.75 Å². The summed E-state index contributed by atoms with van der Waals surface area (Å²) in [5.41, 5.74) is 2.82. The molecule has 2 heterocycles. The molecule has 6 heteroatoms. The molecule has 2 aliphatic heterocycles. The fourth-order valence-corrected chi connectivity index (χ4v) is 3.64. The Morgan fingerprint density at radius 1 is 1.07 bits per heavy atom. The maximum absolute atomic E-state index is 12.8. The molecule has 2 atom stereocenters. The molecule has 2 aromatic rings. The minimum Gasteiger partial charge on any atom is -0.491 e. The largest absolute Gasteiger partial charge is 0.491 e. The van der Waals surface area contributed by atoms with Crippen LogP contribution >= 0.6 is 0 Å². The van der Waals surface area contributed by atoms with Crippen molar-refractivity contribution in [2.45, 2.75) is 18.4 Å². The van der Waals surface area contributed by atoms with Gasteiger partial charge >= 0.3 is 0 Å². The number of carbonyl (C=O) groups is 2. The first kappa shape index (κ1) is 17.5. The molecule has 2 aromatic carbocycles. The summed E-state index contributed by atoms with van der Waals surface area (Å²) >= 11 is 0. The lowest BCUT2D eigenvalue weighted by atomic mass is 9.90. The molecule has 2 N–H and O–H groups in total. The monoisotopic (exact) mass is 366 g/mol. The van der Waals surface area contributed by atoms with E-state index in [9.17, 15) is 9.59 Å². The molecule has 0 bridgehead atoms. The summed E-state index contributed by atoms with van der Waals surface area (Å²) in [5, 5.41) is 5.62. The third-order valence-corrected chi connectivity index (χ3v) is 5.09. The summed E-state index contributed by atoms with van der Waals surface area (Å²) in [6.45, 7) is 1.63. The molecule has 6 nitrogen and oxygen atoms in total. The van der Waals surface area contributed by atoms with Gasteiger partial charge in [0.15, 0.2) is 0 Å². The van der Waals surface area contributed by atoms with Crippen LogP contribution in [0, 0.1) is 0 Å². The van der Waals surface area contributed by atoms with Crippen molar-refractivity contribution in [2.24, 2.45) is 0 Å². The second-order valence-corrected chi connectivity index (χ2v) is 6.83. The summed E-state index contributed by atoms with van der Waals surface area (Å²) in [6.07, 6.45) is 0.800. The van der Waals surface area contributed by atoms with Crippen molar-refractivity contribution in [1.82, 2.24) is 10.6 Å². The summed E-state index contributed by atoms with van der Waals surface area (Å²) in [4.78, 5) is 25.2. The average molecular weight is 366 g/mol. The van der Waals surface area contributed by atoms with Crippen LogP contribution in [-0.4, -0.2) is 44.7 Å². The van der Waals surface area contributed by atoms with Crippen LogP contribution in [0.1, 0.15) is 44.2 Å². The van der Waals surface area contributed by atoms with Gasteiger partial charge in [0.25, 0.3) is 11.8 Å². The van der Waals surface area contributed by atoms with E-state index in [2.05, 4.69) is 10.6 Å². The first-order chi connectivity index (χ1) is 13.2. The second-order valence-electron chi connectivity index (χ2n) is 6.83. The first-order valence-electron chi connectivity index (χ1n) is 9.13. The van der Waals surface area contributed by atoms with Crippen LogP contribution in [0.4, 0.5) is 0 Å². The molecule has 0 aromatic heterocycles. The number of fused-ring (bicyclic) bond motifs is 1. The van der Waals surface area contributed by atoms with E-state index in [1.165, 1.54) is 0 Å².